The maximum absolute atomic E-state index is 6.24. The average Bonchev–Trinajstić information content (AvgIpc) is 3.12. The van der Waals surface area contributed by atoms with Crippen LogP contribution in [0.4, 0.5) is 0 Å². The molecule has 1 aliphatic heterocycles. The van der Waals surface area contributed by atoms with Crippen molar-refractivity contribution in [2.24, 2.45) is 5.92 Å². The lowest BCUT2D eigenvalue weighted by atomic mass is 10.0. The number of benzene rings is 2. The van der Waals surface area contributed by atoms with Crippen molar-refractivity contribution in [2.75, 3.05) is 19.7 Å². The summed E-state index contributed by atoms with van der Waals surface area (Å²) in [6, 6.07) is 15.5. The Morgan fingerprint density at radius 1 is 1.04 bits per heavy atom. The number of para-hydroxylation sites is 1. The second-order valence-corrected chi connectivity index (χ2v) is 6.78. The van der Waals surface area contributed by atoms with Crippen LogP contribution in [0.15, 0.2) is 48.5 Å². The van der Waals surface area contributed by atoms with Crippen molar-refractivity contribution in [1.29, 1.82) is 0 Å². The molecule has 0 unspecified atom stereocenters. The van der Waals surface area contributed by atoms with E-state index in [2.05, 4.69) is 17.4 Å². The predicted octanol–water partition coefficient (Wildman–Crippen LogP) is 4.57. The average molecular weight is 366 g/mol. The quantitative estimate of drug-likeness (QED) is 0.779. The molecular weight excluding hydrogens is 345 g/mol. The summed E-state index contributed by atoms with van der Waals surface area (Å²) in [4.78, 5) is 0. The molecule has 1 saturated heterocycles. The van der Waals surface area contributed by atoms with Gasteiger partial charge in [-0.05, 0) is 30.7 Å². The largest absolute Gasteiger partial charge is 0.485 e. The molecule has 0 aromatic heterocycles. The zero-order valence-electron chi connectivity index (χ0n) is 13.4. The molecule has 0 amide bonds. The van der Waals surface area contributed by atoms with Gasteiger partial charge >= 0.3 is 0 Å². The van der Waals surface area contributed by atoms with Crippen molar-refractivity contribution in [3.63, 3.8) is 0 Å². The molecule has 2 aromatic rings. The number of halogens is 2. The second-order valence-electron chi connectivity index (χ2n) is 5.96. The Bertz CT molecular complexity index is 625. The summed E-state index contributed by atoms with van der Waals surface area (Å²) in [5.74, 6) is 0.925. The van der Waals surface area contributed by atoms with E-state index in [0.29, 0.717) is 34.9 Å². The normalized spacial score (nSPS) is 18.5. The molecule has 0 saturated carbocycles. The van der Waals surface area contributed by atoms with Gasteiger partial charge in [0.2, 0.25) is 0 Å². The highest BCUT2D eigenvalue weighted by atomic mass is 35.5. The van der Waals surface area contributed by atoms with Crippen LogP contribution in [-0.4, -0.2) is 25.8 Å². The van der Waals surface area contributed by atoms with E-state index in [1.165, 1.54) is 0 Å². The van der Waals surface area contributed by atoms with E-state index in [4.69, 9.17) is 32.7 Å². The van der Waals surface area contributed by atoms with Gasteiger partial charge in [0.05, 0.1) is 23.3 Å². The van der Waals surface area contributed by atoms with Crippen LogP contribution in [0.3, 0.4) is 0 Å². The van der Waals surface area contributed by atoms with Gasteiger partial charge in [0, 0.05) is 12.5 Å². The summed E-state index contributed by atoms with van der Waals surface area (Å²) >= 11 is 12.5. The molecule has 3 rings (SSSR count). The van der Waals surface area contributed by atoms with Crippen LogP contribution in [0.25, 0.3) is 0 Å². The first-order chi connectivity index (χ1) is 11.7. The monoisotopic (exact) mass is 365 g/mol. The molecule has 1 heterocycles. The van der Waals surface area contributed by atoms with Crippen LogP contribution in [0, 0.1) is 5.92 Å². The van der Waals surface area contributed by atoms with Crippen LogP contribution >= 0.6 is 23.2 Å². The minimum Gasteiger partial charge on any atom is -0.485 e. The van der Waals surface area contributed by atoms with Crippen molar-refractivity contribution < 1.29 is 9.47 Å². The Labute approximate surface area is 152 Å². The fourth-order valence-corrected chi connectivity index (χ4v) is 3.36. The van der Waals surface area contributed by atoms with Gasteiger partial charge in [-0.2, -0.15) is 0 Å². The Hall–Kier alpha value is -1.26. The van der Waals surface area contributed by atoms with Gasteiger partial charge < -0.3 is 14.8 Å². The summed E-state index contributed by atoms with van der Waals surface area (Å²) in [5.41, 5.74) is 1.15. The van der Waals surface area contributed by atoms with Crippen LogP contribution in [-0.2, 0) is 11.3 Å². The molecule has 128 valence electrons. The molecule has 2 aromatic carbocycles. The smallest absolute Gasteiger partial charge is 0.157 e. The number of hydrogen-bond donors (Lipinski definition) is 1. The van der Waals surface area contributed by atoms with Crippen LogP contribution < -0.4 is 10.1 Å². The first kappa shape index (κ1) is 17.6. The maximum Gasteiger partial charge on any atom is 0.157 e. The highest BCUT2D eigenvalue weighted by Gasteiger charge is 2.28. The van der Waals surface area contributed by atoms with Crippen LogP contribution in [0.5, 0.6) is 5.75 Å². The first-order valence-electron chi connectivity index (χ1n) is 8.17. The molecule has 2 atom stereocenters. The molecule has 0 spiro atoms. The van der Waals surface area contributed by atoms with Gasteiger partial charge in [0.1, 0.15) is 6.10 Å². The fraction of sp³-hybridized carbons (Fsp3) is 0.368. The standard InChI is InChI=1S/C19H21Cl2NO2/c20-16-7-4-8-17(21)19(16)24-18(15-9-10-22-11-15)13-23-12-14-5-2-1-3-6-14/h1-8,15,18,22H,9-13H2/t15-,18-/m0/s1. The Balaban J connectivity index is 1.65. The lowest BCUT2D eigenvalue weighted by Gasteiger charge is -2.25. The lowest BCUT2D eigenvalue weighted by molar-refractivity contribution is 0.0166. The number of ether oxygens (including phenoxy) is 2. The first-order valence-corrected chi connectivity index (χ1v) is 8.92. The van der Waals surface area contributed by atoms with E-state index in [9.17, 15) is 0 Å². The zero-order chi connectivity index (χ0) is 16.8. The highest BCUT2D eigenvalue weighted by Crippen LogP contribution is 2.34. The Kier molecular flexibility index (Phi) is 6.38. The van der Waals surface area contributed by atoms with Gasteiger partial charge in [-0.25, -0.2) is 0 Å². The van der Waals surface area contributed by atoms with Gasteiger partial charge in [0.25, 0.3) is 0 Å². The van der Waals surface area contributed by atoms with Gasteiger partial charge in [-0.1, -0.05) is 59.6 Å². The summed E-state index contributed by atoms with van der Waals surface area (Å²) < 4.78 is 12.1. The van der Waals surface area contributed by atoms with Crippen molar-refractivity contribution in [2.45, 2.75) is 19.1 Å². The molecule has 0 bridgehead atoms. The maximum atomic E-state index is 6.24. The van der Waals surface area contributed by atoms with E-state index >= 15 is 0 Å². The number of nitrogens with one attached hydrogen (secondary N) is 1. The van der Waals surface area contributed by atoms with E-state index in [1.54, 1.807) is 12.1 Å². The number of rotatable bonds is 7. The predicted molar refractivity (Wildman–Crippen MR) is 98.0 cm³/mol. The lowest BCUT2D eigenvalue weighted by Crippen LogP contribution is -2.33. The fourth-order valence-electron chi connectivity index (χ4n) is 2.87. The Morgan fingerprint density at radius 2 is 1.79 bits per heavy atom. The van der Waals surface area contributed by atoms with Gasteiger partial charge in [-0.3, -0.25) is 0 Å². The summed E-state index contributed by atoms with van der Waals surface area (Å²) in [6.07, 6.45) is 0.975. The second kappa shape index (κ2) is 8.72. The SMILES string of the molecule is Clc1cccc(Cl)c1O[C@@H](COCc1ccccc1)[C@H]1CCNC1. The molecule has 1 N–H and O–H groups in total. The highest BCUT2D eigenvalue weighted by molar-refractivity contribution is 6.37. The third kappa shape index (κ3) is 4.64. The number of hydrogen-bond acceptors (Lipinski definition) is 3. The summed E-state index contributed by atoms with van der Waals surface area (Å²) in [6.45, 7) is 2.99. The minimum absolute atomic E-state index is 0.0823. The van der Waals surface area contributed by atoms with Crippen molar-refractivity contribution in [1.82, 2.24) is 5.32 Å². The Morgan fingerprint density at radius 3 is 2.46 bits per heavy atom. The van der Waals surface area contributed by atoms with E-state index in [1.807, 2.05) is 24.3 Å². The van der Waals surface area contributed by atoms with Crippen LogP contribution in [0.2, 0.25) is 10.0 Å². The van der Waals surface area contributed by atoms with E-state index in [0.717, 1.165) is 25.1 Å². The van der Waals surface area contributed by atoms with Crippen LogP contribution in [0.1, 0.15) is 12.0 Å². The molecule has 0 radical (unpaired) electrons. The summed E-state index contributed by atoms with van der Waals surface area (Å²) in [7, 11) is 0. The third-order valence-electron chi connectivity index (χ3n) is 4.21. The van der Waals surface area contributed by atoms with E-state index < -0.39 is 0 Å². The molecule has 3 nitrogen and oxygen atoms in total. The molecular formula is C19H21Cl2NO2. The van der Waals surface area contributed by atoms with E-state index in [-0.39, 0.29) is 6.10 Å². The molecule has 5 heteroatoms. The van der Waals surface area contributed by atoms with Crippen molar-refractivity contribution >= 4 is 23.2 Å². The summed E-state index contributed by atoms with van der Waals surface area (Å²) in [5, 5.41) is 4.43. The minimum atomic E-state index is -0.0823. The molecule has 1 fully saturated rings. The zero-order valence-corrected chi connectivity index (χ0v) is 14.9. The molecule has 24 heavy (non-hydrogen) atoms. The molecule has 1 aliphatic rings. The van der Waals surface area contributed by atoms with Gasteiger partial charge in [0.15, 0.2) is 5.75 Å². The van der Waals surface area contributed by atoms with Crippen molar-refractivity contribution in [3.05, 3.63) is 64.1 Å². The topological polar surface area (TPSA) is 30.5 Å². The van der Waals surface area contributed by atoms with Gasteiger partial charge in [-0.15, -0.1) is 0 Å². The molecule has 0 aliphatic carbocycles. The third-order valence-corrected chi connectivity index (χ3v) is 4.80. The van der Waals surface area contributed by atoms with Crippen molar-refractivity contribution in [3.8, 4) is 5.75 Å².